The van der Waals surface area contributed by atoms with E-state index in [4.69, 9.17) is 4.74 Å². The molecule has 22 heavy (non-hydrogen) atoms. The highest BCUT2D eigenvalue weighted by Crippen LogP contribution is 2.36. The zero-order chi connectivity index (χ0) is 15.9. The molecule has 0 saturated carbocycles. The molecule has 0 aliphatic carbocycles. The molecule has 2 atom stereocenters. The van der Waals surface area contributed by atoms with Crippen LogP contribution >= 0.6 is 11.3 Å². The topological polar surface area (TPSA) is 25.4 Å². The second-order valence-electron chi connectivity index (χ2n) is 5.66. The first-order valence-electron chi connectivity index (χ1n) is 7.14. The maximum absolute atomic E-state index is 12.8. The number of benzene rings is 1. The summed E-state index contributed by atoms with van der Waals surface area (Å²) in [5, 5.41) is 0.767. The molecule has 120 valence electrons. The van der Waals surface area contributed by atoms with E-state index < -0.39 is 11.7 Å². The van der Waals surface area contributed by atoms with Crippen molar-refractivity contribution in [3.05, 3.63) is 23.8 Å². The second-order valence-corrected chi connectivity index (χ2v) is 6.67. The molecule has 1 aromatic heterocycles. The molecule has 0 spiro atoms. The van der Waals surface area contributed by atoms with Crippen molar-refractivity contribution in [3.63, 3.8) is 0 Å². The largest absolute Gasteiger partial charge is 0.416 e. The second kappa shape index (κ2) is 5.70. The highest BCUT2D eigenvalue weighted by Gasteiger charge is 2.31. The van der Waals surface area contributed by atoms with Gasteiger partial charge in [-0.3, -0.25) is 0 Å². The van der Waals surface area contributed by atoms with Gasteiger partial charge in [-0.15, -0.1) is 0 Å². The number of anilines is 1. The van der Waals surface area contributed by atoms with Crippen LogP contribution in [0, 0.1) is 5.92 Å². The van der Waals surface area contributed by atoms with E-state index in [0.717, 1.165) is 41.5 Å². The van der Waals surface area contributed by atoms with Crippen molar-refractivity contribution in [1.29, 1.82) is 0 Å². The number of piperidine rings is 1. The fourth-order valence-electron chi connectivity index (χ4n) is 2.74. The fourth-order valence-corrected chi connectivity index (χ4v) is 3.72. The molecule has 3 nitrogen and oxygen atoms in total. The highest BCUT2D eigenvalue weighted by atomic mass is 32.1. The van der Waals surface area contributed by atoms with E-state index in [0.29, 0.717) is 11.4 Å². The number of methoxy groups -OCH3 is 1. The number of nitrogens with zero attached hydrogens (tertiary/aromatic N) is 2. The molecule has 2 unspecified atom stereocenters. The number of aromatic nitrogens is 1. The Balaban J connectivity index is 1.89. The van der Waals surface area contributed by atoms with E-state index in [1.807, 2.05) is 0 Å². The first-order chi connectivity index (χ1) is 10.4. The maximum Gasteiger partial charge on any atom is 0.416 e. The zero-order valence-corrected chi connectivity index (χ0v) is 13.2. The Hall–Kier alpha value is -1.34. The van der Waals surface area contributed by atoms with Gasteiger partial charge in [0.05, 0.1) is 21.9 Å². The molecule has 2 heterocycles. The van der Waals surface area contributed by atoms with Crippen LogP contribution in [-0.2, 0) is 10.9 Å². The average Bonchev–Trinajstić information content (AvgIpc) is 2.89. The van der Waals surface area contributed by atoms with Gasteiger partial charge >= 0.3 is 6.18 Å². The normalized spacial score (nSPS) is 23.2. The smallest absolute Gasteiger partial charge is 0.379 e. The number of thiazole rings is 1. The summed E-state index contributed by atoms with van der Waals surface area (Å²) in [6, 6.07) is 3.73. The minimum atomic E-state index is -4.33. The molecule has 2 aromatic rings. The lowest BCUT2D eigenvalue weighted by Gasteiger charge is -2.35. The van der Waals surface area contributed by atoms with Crippen LogP contribution in [-0.4, -0.2) is 31.3 Å². The summed E-state index contributed by atoms with van der Waals surface area (Å²) in [6.45, 7) is 3.73. The molecule has 7 heteroatoms. The molecular weight excluding hydrogens is 313 g/mol. The third kappa shape index (κ3) is 2.92. The van der Waals surface area contributed by atoms with Crippen LogP contribution in [0.1, 0.15) is 18.9 Å². The highest BCUT2D eigenvalue weighted by molar-refractivity contribution is 7.22. The standard InChI is InChI=1S/C15H17F3N2OS/c1-9-5-6-20(8-12(9)21-2)14-19-11-7-10(15(16,17)18)3-4-13(11)22-14/h3-4,7,9,12H,5-6,8H2,1-2H3. The van der Waals surface area contributed by atoms with Crippen LogP contribution in [0.25, 0.3) is 10.2 Å². The van der Waals surface area contributed by atoms with Crippen molar-refractivity contribution in [3.8, 4) is 0 Å². The average molecular weight is 330 g/mol. The van der Waals surface area contributed by atoms with Gasteiger partial charge in [0.15, 0.2) is 5.13 Å². The van der Waals surface area contributed by atoms with Crippen molar-refractivity contribution in [1.82, 2.24) is 4.98 Å². The van der Waals surface area contributed by atoms with Crippen LogP contribution in [0.5, 0.6) is 0 Å². The van der Waals surface area contributed by atoms with Gasteiger partial charge in [0.2, 0.25) is 0 Å². The molecule has 0 N–H and O–H groups in total. The fraction of sp³-hybridized carbons (Fsp3) is 0.533. The third-order valence-electron chi connectivity index (χ3n) is 4.17. The summed E-state index contributed by atoms with van der Waals surface area (Å²) < 4.78 is 44.6. The van der Waals surface area contributed by atoms with E-state index >= 15 is 0 Å². The summed E-state index contributed by atoms with van der Waals surface area (Å²) in [4.78, 5) is 6.50. The lowest BCUT2D eigenvalue weighted by molar-refractivity contribution is -0.137. The summed E-state index contributed by atoms with van der Waals surface area (Å²) >= 11 is 1.43. The monoisotopic (exact) mass is 330 g/mol. The van der Waals surface area contributed by atoms with Crippen LogP contribution in [0.3, 0.4) is 0 Å². The Morgan fingerprint density at radius 3 is 2.82 bits per heavy atom. The number of halogens is 3. The lowest BCUT2D eigenvalue weighted by atomic mass is 9.96. The molecule has 0 amide bonds. The minimum Gasteiger partial charge on any atom is -0.379 e. The Kier molecular flexibility index (Phi) is 4.03. The number of hydrogen-bond donors (Lipinski definition) is 0. The predicted molar refractivity (Wildman–Crippen MR) is 81.4 cm³/mol. The van der Waals surface area contributed by atoms with Crippen molar-refractivity contribution >= 4 is 26.7 Å². The van der Waals surface area contributed by atoms with Crippen LogP contribution in [0.15, 0.2) is 18.2 Å². The maximum atomic E-state index is 12.8. The van der Waals surface area contributed by atoms with E-state index in [9.17, 15) is 13.2 Å². The van der Waals surface area contributed by atoms with Gasteiger partial charge in [0.25, 0.3) is 0 Å². The molecule has 1 aliphatic heterocycles. The first-order valence-corrected chi connectivity index (χ1v) is 7.95. The minimum absolute atomic E-state index is 0.131. The van der Waals surface area contributed by atoms with Crippen molar-refractivity contribution in [2.75, 3.05) is 25.1 Å². The molecule has 0 radical (unpaired) electrons. The lowest BCUT2D eigenvalue weighted by Crippen LogP contribution is -2.43. The molecule has 1 saturated heterocycles. The molecular formula is C15H17F3N2OS. The molecule has 1 aromatic carbocycles. The Labute approximate surface area is 130 Å². The van der Waals surface area contributed by atoms with E-state index in [1.165, 1.54) is 17.4 Å². The first kappa shape index (κ1) is 15.6. The van der Waals surface area contributed by atoms with Crippen LogP contribution in [0.4, 0.5) is 18.3 Å². The van der Waals surface area contributed by atoms with Crippen LogP contribution in [0.2, 0.25) is 0 Å². The van der Waals surface area contributed by atoms with Gasteiger partial charge in [-0.25, -0.2) is 4.98 Å². The Morgan fingerprint density at radius 1 is 1.36 bits per heavy atom. The number of alkyl halides is 3. The van der Waals surface area contributed by atoms with E-state index in [2.05, 4.69) is 16.8 Å². The summed E-state index contributed by atoms with van der Waals surface area (Å²) in [7, 11) is 1.69. The van der Waals surface area contributed by atoms with Crippen molar-refractivity contribution < 1.29 is 17.9 Å². The Morgan fingerprint density at radius 2 is 2.14 bits per heavy atom. The van der Waals surface area contributed by atoms with Gasteiger partial charge in [-0.2, -0.15) is 13.2 Å². The number of rotatable bonds is 2. The van der Waals surface area contributed by atoms with E-state index in [1.54, 1.807) is 7.11 Å². The summed E-state index contributed by atoms with van der Waals surface area (Å²) in [5.74, 6) is 0.479. The number of ether oxygens (including phenoxy) is 1. The van der Waals surface area contributed by atoms with Crippen molar-refractivity contribution in [2.24, 2.45) is 5.92 Å². The quantitative estimate of drug-likeness (QED) is 0.826. The van der Waals surface area contributed by atoms with Gasteiger partial charge in [0.1, 0.15) is 0 Å². The number of fused-ring (bicyclic) bond motifs is 1. The van der Waals surface area contributed by atoms with E-state index in [-0.39, 0.29) is 6.10 Å². The van der Waals surface area contributed by atoms with Crippen LogP contribution < -0.4 is 4.90 Å². The van der Waals surface area contributed by atoms with Gasteiger partial charge in [-0.05, 0) is 30.5 Å². The van der Waals surface area contributed by atoms with Gasteiger partial charge in [-0.1, -0.05) is 18.3 Å². The summed E-state index contributed by atoms with van der Waals surface area (Å²) in [5.41, 5.74) is -0.249. The zero-order valence-electron chi connectivity index (χ0n) is 12.4. The van der Waals surface area contributed by atoms with Gasteiger partial charge < -0.3 is 9.64 Å². The third-order valence-corrected chi connectivity index (χ3v) is 5.26. The van der Waals surface area contributed by atoms with Crippen molar-refractivity contribution in [2.45, 2.75) is 25.6 Å². The summed E-state index contributed by atoms with van der Waals surface area (Å²) in [6.07, 6.45) is -3.21. The predicted octanol–water partition coefficient (Wildman–Crippen LogP) is 4.18. The SMILES string of the molecule is COC1CN(c2nc3cc(C(F)(F)F)ccc3s2)CCC1C. The molecule has 1 aliphatic rings. The Bertz CT molecular complexity index is 670. The molecule has 3 rings (SSSR count). The number of hydrogen-bond acceptors (Lipinski definition) is 4. The van der Waals surface area contributed by atoms with Gasteiger partial charge in [0, 0.05) is 20.2 Å². The molecule has 1 fully saturated rings. The molecule has 0 bridgehead atoms.